The van der Waals surface area contributed by atoms with Crippen LogP contribution in [0.2, 0.25) is 5.02 Å². The lowest BCUT2D eigenvalue weighted by atomic mass is 10.1. The number of aryl methyl sites for hydroxylation is 1. The van der Waals surface area contributed by atoms with E-state index in [1.54, 1.807) is 14.5 Å². The summed E-state index contributed by atoms with van der Waals surface area (Å²) in [5.74, 6) is -0.112. The molecule has 0 radical (unpaired) electrons. The molecule has 0 spiro atoms. The highest BCUT2D eigenvalue weighted by molar-refractivity contribution is 6.32. The molecule has 2 aliphatic heterocycles. The van der Waals surface area contributed by atoms with Gasteiger partial charge in [-0.3, -0.25) is 14.7 Å². The molecule has 0 bridgehead atoms. The molecule has 0 unspecified atom stereocenters. The fraction of sp³-hybridized carbons (Fsp3) is 0.455. The number of carbonyl (C=O) groups excluding carboxylic acids is 2. The number of alkyl halides is 3. The van der Waals surface area contributed by atoms with Crippen LogP contribution in [0.3, 0.4) is 0 Å². The number of fused-ring (bicyclic) bond motifs is 2. The van der Waals surface area contributed by atoms with Crippen molar-refractivity contribution in [2.75, 3.05) is 19.6 Å². The number of carbonyl (C=O) groups is 2. The third-order valence-corrected chi connectivity index (χ3v) is 6.59. The lowest BCUT2D eigenvalue weighted by Crippen LogP contribution is -2.37. The molecule has 2 aromatic heterocycles. The van der Waals surface area contributed by atoms with Crippen LogP contribution in [0.15, 0.2) is 18.2 Å². The van der Waals surface area contributed by atoms with Crippen molar-refractivity contribution >= 4 is 23.4 Å². The highest BCUT2D eigenvalue weighted by atomic mass is 35.5. The molecule has 3 aromatic rings. The van der Waals surface area contributed by atoms with Gasteiger partial charge in [-0.15, -0.1) is 23.4 Å². The molecule has 1 N–H and O–H groups in total. The third-order valence-electron chi connectivity index (χ3n) is 6.29. The topological polar surface area (TPSA) is 122 Å². The fourth-order valence-electron chi connectivity index (χ4n) is 4.38. The first kappa shape index (κ1) is 25.0. The highest BCUT2D eigenvalue weighted by Gasteiger charge is 2.32. The third kappa shape index (κ3) is 5.68. The number of hydrogen-bond acceptors (Lipinski definition) is 7. The second kappa shape index (κ2) is 10.00. The zero-order valence-electron chi connectivity index (χ0n) is 19.5. The molecule has 1 aromatic carbocycles. The van der Waals surface area contributed by atoms with Crippen LogP contribution in [0.25, 0.3) is 0 Å². The zero-order valence-corrected chi connectivity index (χ0v) is 20.2. The number of halogens is 4. The highest BCUT2D eigenvalue weighted by Crippen LogP contribution is 2.31. The summed E-state index contributed by atoms with van der Waals surface area (Å²) in [5, 5.41) is 14.8. The number of nitrogens with zero attached hydrogens (tertiary/aromatic N) is 7. The van der Waals surface area contributed by atoms with Gasteiger partial charge >= 0.3 is 6.36 Å². The molecule has 2 aliphatic rings. The summed E-state index contributed by atoms with van der Waals surface area (Å²) < 4.78 is 42.7. The molecular weight excluding hydrogens is 517 g/mol. The van der Waals surface area contributed by atoms with E-state index in [2.05, 4.69) is 30.2 Å². The van der Waals surface area contributed by atoms with E-state index in [1.807, 2.05) is 0 Å². The van der Waals surface area contributed by atoms with Gasteiger partial charge in [-0.1, -0.05) is 22.9 Å². The Bertz CT molecular complexity index is 1300. The van der Waals surface area contributed by atoms with Crippen molar-refractivity contribution < 1.29 is 27.5 Å². The summed E-state index contributed by atoms with van der Waals surface area (Å²) >= 11 is 5.89. The number of benzene rings is 1. The summed E-state index contributed by atoms with van der Waals surface area (Å²) in [5.41, 5.74) is 2.29. The summed E-state index contributed by atoms with van der Waals surface area (Å²) in [6.45, 7) is 2.07. The second-order valence-electron chi connectivity index (χ2n) is 8.73. The Balaban J connectivity index is 1.14. The van der Waals surface area contributed by atoms with Gasteiger partial charge < -0.3 is 14.5 Å². The van der Waals surface area contributed by atoms with Crippen molar-refractivity contribution in [3.05, 3.63) is 51.8 Å². The van der Waals surface area contributed by atoms with Crippen LogP contribution in [0.4, 0.5) is 13.2 Å². The van der Waals surface area contributed by atoms with Gasteiger partial charge in [-0.05, 0) is 24.1 Å². The molecule has 15 heteroatoms. The van der Waals surface area contributed by atoms with Crippen LogP contribution < -0.4 is 4.74 Å². The van der Waals surface area contributed by atoms with Crippen molar-refractivity contribution in [1.82, 2.24) is 40.0 Å². The number of nitrogens with one attached hydrogen (secondary N) is 1. The van der Waals surface area contributed by atoms with Crippen molar-refractivity contribution in [1.29, 1.82) is 0 Å². The van der Waals surface area contributed by atoms with E-state index in [0.717, 1.165) is 17.5 Å². The first-order valence-electron chi connectivity index (χ1n) is 11.6. The quantitative estimate of drug-likeness (QED) is 0.528. The van der Waals surface area contributed by atoms with E-state index in [4.69, 9.17) is 11.6 Å². The number of rotatable bonds is 5. The minimum absolute atomic E-state index is 0.106. The van der Waals surface area contributed by atoms with Gasteiger partial charge in [0.15, 0.2) is 0 Å². The summed E-state index contributed by atoms with van der Waals surface area (Å²) in [4.78, 5) is 33.5. The molecular formula is C22H22ClF3N8O3. The molecule has 4 heterocycles. The second-order valence-corrected chi connectivity index (χ2v) is 9.14. The summed E-state index contributed by atoms with van der Waals surface area (Å²) in [6, 6.07) is 3.95. The van der Waals surface area contributed by atoms with E-state index in [9.17, 15) is 22.8 Å². The molecule has 196 valence electrons. The van der Waals surface area contributed by atoms with E-state index in [-0.39, 0.29) is 29.1 Å². The van der Waals surface area contributed by atoms with Crippen LogP contribution in [0.1, 0.15) is 39.8 Å². The number of amides is 2. The maximum atomic E-state index is 12.9. The van der Waals surface area contributed by atoms with Crippen LogP contribution in [0.5, 0.6) is 5.75 Å². The predicted molar refractivity (Wildman–Crippen MR) is 122 cm³/mol. The Labute approximate surface area is 213 Å². The van der Waals surface area contributed by atoms with Gasteiger partial charge in [0.2, 0.25) is 11.7 Å². The Hall–Kier alpha value is -3.68. The Morgan fingerprint density at radius 3 is 2.70 bits per heavy atom. The van der Waals surface area contributed by atoms with Gasteiger partial charge in [-0.2, -0.15) is 0 Å². The van der Waals surface area contributed by atoms with E-state index in [1.165, 1.54) is 12.1 Å². The normalized spacial score (nSPS) is 15.7. The first-order valence-corrected chi connectivity index (χ1v) is 12.0. The summed E-state index contributed by atoms with van der Waals surface area (Å²) in [7, 11) is 0. The monoisotopic (exact) mass is 538 g/mol. The zero-order chi connectivity index (χ0) is 26.2. The van der Waals surface area contributed by atoms with Crippen molar-refractivity contribution in [2.24, 2.45) is 0 Å². The molecule has 0 fully saturated rings. The molecule has 0 atom stereocenters. The lowest BCUT2D eigenvalue weighted by Gasteiger charge is -2.24. The smallest absolute Gasteiger partial charge is 0.404 e. The molecule has 37 heavy (non-hydrogen) atoms. The molecule has 0 saturated carbocycles. The standard InChI is InChI=1S/C22H22ClF3N8O3/c23-14-11-13(1-3-17(14)37-22(24,25)26)2-4-19(35)32-8-6-18-27-20(30-34(18)10-9-32)21(36)33-7-5-15-16(12-33)29-31-28-15/h1,3,11H,2,4-10,12H2,(H,28,29,31). The van der Waals surface area contributed by atoms with Gasteiger partial charge in [0, 0.05) is 38.9 Å². The van der Waals surface area contributed by atoms with Crippen molar-refractivity contribution in [3.8, 4) is 5.75 Å². The number of hydrogen-bond donors (Lipinski definition) is 1. The van der Waals surface area contributed by atoms with Crippen molar-refractivity contribution in [2.45, 2.75) is 45.1 Å². The summed E-state index contributed by atoms with van der Waals surface area (Å²) in [6.07, 6.45) is -3.29. The lowest BCUT2D eigenvalue weighted by molar-refractivity contribution is -0.274. The Kier molecular flexibility index (Phi) is 6.75. The number of ether oxygens (including phenoxy) is 1. The van der Waals surface area contributed by atoms with Gasteiger partial charge in [-0.25, -0.2) is 9.67 Å². The number of aromatic nitrogens is 6. The maximum Gasteiger partial charge on any atom is 0.573 e. The average molecular weight is 539 g/mol. The minimum atomic E-state index is -4.83. The van der Waals surface area contributed by atoms with Crippen molar-refractivity contribution in [3.63, 3.8) is 0 Å². The SMILES string of the molecule is O=C(CCc1ccc(OC(F)(F)F)c(Cl)c1)N1CCc2nc(C(=O)N3CCc4[nH]nnc4C3)nn2CC1. The van der Waals surface area contributed by atoms with Crippen LogP contribution in [-0.4, -0.2) is 77.8 Å². The van der Waals surface area contributed by atoms with Gasteiger partial charge in [0.25, 0.3) is 5.91 Å². The van der Waals surface area contributed by atoms with Gasteiger partial charge in [0.05, 0.1) is 23.8 Å². The van der Waals surface area contributed by atoms with E-state index in [0.29, 0.717) is 63.4 Å². The fourth-order valence-corrected chi connectivity index (χ4v) is 4.62. The Morgan fingerprint density at radius 2 is 1.92 bits per heavy atom. The van der Waals surface area contributed by atoms with E-state index >= 15 is 0 Å². The molecule has 0 saturated heterocycles. The predicted octanol–water partition coefficient (Wildman–Crippen LogP) is 2.16. The molecule has 11 nitrogen and oxygen atoms in total. The molecule has 2 amide bonds. The van der Waals surface area contributed by atoms with E-state index < -0.39 is 12.1 Å². The van der Waals surface area contributed by atoms with Gasteiger partial charge in [0.1, 0.15) is 17.3 Å². The first-order chi connectivity index (χ1) is 17.7. The number of H-pyrrole nitrogens is 1. The maximum absolute atomic E-state index is 12.9. The van der Waals surface area contributed by atoms with Crippen LogP contribution in [0, 0.1) is 0 Å². The Morgan fingerprint density at radius 1 is 1.11 bits per heavy atom. The van der Waals surface area contributed by atoms with Crippen LogP contribution >= 0.6 is 11.6 Å². The van der Waals surface area contributed by atoms with Crippen LogP contribution in [-0.2, 0) is 37.1 Å². The average Bonchev–Trinajstić information content (AvgIpc) is 3.44. The molecule has 0 aliphatic carbocycles. The number of aromatic amines is 1. The molecule has 5 rings (SSSR count). The minimum Gasteiger partial charge on any atom is -0.404 e. The largest absolute Gasteiger partial charge is 0.573 e.